The Morgan fingerprint density at radius 2 is 2.16 bits per heavy atom. The van der Waals surface area contributed by atoms with Crippen molar-refractivity contribution in [3.63, 3.8) is 0 Å². The number of ether oxygens (including phenoxy) is 2. The molecular formula is C19H27NO5. The molecule has 0 spiro atoms. The lowest BCUT2D eigenvalue weighted by Crippen LogP contribution is -2.41. The molecule has 0 fully saturated rings. The van der Waals surface area contributed by atoms with Crippen molar-refractivity contribution in [1.82, 2.24) is 4.90 Å². The summed E-state index contributed by atoms with van der Waals surface area (Å²) in [5.41, 5.74) is 0.886. The topological polar surface area (TPSA) is 76.1 Å². The molecule has 2 rings (SSSR count). The van der Waals surface area contributed by atoms with Crippen molar-refractivity contribution in [2.45, 2.75) is 32.6 Å². The lowest BCUT2D eigenvalue weighted by Gasteiger charge is -2.32. The molecule has 25 heavy (non-hydrogen) atoms. The number of para-hydroxylation sites is 1. The molecule has 1 heterocycles. The van der Waals surface area contributed by atoms with Crippen LogP contribution in [0.1, 0.15) is 38.2 Å². The zero-order valence-electron chi connectivity index (χ0n) is 14.9. The highest BCUT2D eigenvalue weighted by molar-refractivity contribution is 5.85. The van der Waals surface area contributed by atoms with Crippen LogP contribution in [-0.4, -0.2) is 54.8 Å². The quantitative estimate of drug-likeness (QED) is 0.693. The highest BCUT2D eigenvalue weighted by Gasteiger charge is 2.32. The Morgan fingerprint density at radius 3 is 2.88 bits per heavy atom. The zero-order valence-corrected chi connectivity index (χ0v) is 14.9. The van der Waals surface area contributed by atoms with E-state index >= 15 is 0 Å². The van der Waals surface area contributed by atoms with Crippen LogP contribution in [0.2, 0.25) is 0 Å². The third-order valence-corrected chi connectivity index (χ3v) is 4.40. The van der Waals surface area contributed by atoms with Gasteiger partial charge in [-0.2, -0.15) is 0 Å². The summed E-state index contributed by atoms with van der Waals surface area (Å²) in [4.78, 5) is 26.0. The molecule has 2 atom stereocenters. The van der Waals surface area contributed by atoms with Crippen LogP contribution in [-0.2, 0) is 14.3 Å². The van der Waals surface area contributed by atoms with Crippen LogP contribution >= 0.6 is 0 Å². The van der Waals surface area contributed by atoms with Gasteiger partial charge in [0, 0.05) is 31.9 Å². The molecule has 0 saturated heterocycles. The molecule has 6 heteroatoms. The molecule has 1 aliphatic heterocycles. The van der Waals surface area contributed by atoms with Crippen LogP contribution in [0.5, 0.6) is 5.75 Å². The molecule has 138 valence electrons. The molecule has 0 bridgehead atoms. The second-order valence-corrected chi connectivity index (χ2v) is 6.30. The fourth-order valence-corrected chi connectivity index (χ4v) is 3.02. The molecule has 0 radical (unpaired) electrons. The van der Waals surface area contributed by atoms with Crippen molar-refractivity contribution in [3.05, 3.63) is 29.8 Å². The molecule has 0 saturated carbocycles. The number of carboxylic acid groups (broad SMARTS) is 1. The first kappa shape index (κ1) is 19.2. The SMILES string of the molecule is CCOCCCN(CC(C)C(=O)O)C(=O)C1CCOc2ccccc21. The molecule has 2 unspecified atom stereocenters. The second kappa shape index (κ2) is 9.42. The fourth-order valence-electron chi connectivity index (χ4n) is 3.02. The van der Waals surface area contributed by atoms with Crippen LogP contribution in [0, 0.1) is 5.92 Å². The molecule has 1 aromatic rings. The first-order chi connectivity index (χ1) is 12.0. The average molecular weight is 349 g/mol. The molecule has 1 aliphatic rings. The maximum absolute atomic E-state index is 13.1. The number of rotatable bonds is 9. The molecule has 0 aliphatic carbocycles. The van der Waals surface area contributed by atoms with Gasteiger partial charge in [0.05, 0.1) is 18.4 Å². The largest absolute Gasteiger partial charge is 0.493 e. The Kier molecular flexibility index (Phi) is 7.25. The highest BCUT2D eigenvalue weighted by Crippen LogP contribution is 2.34. The Labute approximate surface area is 148 Å². The number of carbonyl (C=O) groups excluding carboxylic acids is 1. The Balaban J connectivity index is 2.12. The van der Waals surface area contributed by atoms with Gasteiger partial charge in [-0.1, -0.05) is 25.1 Å². The summed E-state index contributed by atoms with van der Waals surface area (Å²) in [6.07, 6.45) is 1.30. The predicted octanol–water partition coefficient (Wildman–Crippen LogP) is 2.53. The van der Waals surface area contributed by atoms with Crippen molar-refractivity contribution in [3.8, 4) is 5.75 Å². The van der Waals surface area contributed by atoms with E-state index in [2.05, 4.69) is 0 Å². The normalized spacial score (nSPS) is 17.3. The molecular weight excluding hydrogens is 322 g/mol. The van der Waals surface area contributed by atoms with E-state index in [9.17, 15) is 14.7 Å². The number of hydrogen-bond acceptors (Lipinski definition) is 4. The van der Waals surface area contributed by atoms with E-state index in [-0.39, 0.29) is 18.4 Å². The molecule has 1 amide bonds. The van der Waals surface area contributed by atoms with Gasteiger partial charge in [0.1, 0.15) is 5.75 Å². The highest BCUT2D eigenvalue weighted by atomic mass is 16.5. The van der Waals surface area contributed by atoms with Crippen LogP contribution in [0.3, 0.4) is 0 Å². The smallest absolute Gasteiger partial charge is 0.308 e. The molecule has 6 nitrogen and oxygen atoms in total. The van der Waals surface area contributed by atoms with Crippen LogP contribution in [0.15, 0.2) is 24.3 Å². The number of amides is 1. The van der Waals surface area contributed by atoms with Crippen molar-refractivity contribution >= 4 is 11.9 Å². The standard InChI is InChI=1S/C19H27NO5/c1-3-24-11-6-10-20(13-14(2)19(22)23)18(21)16-9-12-25-17-8-5-4-7-15(16)17/h4-5,7-8,14,16H,3,6,9-13H2,1-2H3,(H,22,23). The van der Waals surface area contributed by atoms with Gasteiger partial charge in [-0.3, -0.25) is 9.59 Å². The minimum absolute atomic E-state index is 0.0275. The summed E-state index contributed by atoms with van der Waals surface area (Å²) in [7, 11) is 0. The van der Waals surface area contributed by atoms with Crippen LogP contribution in [0.25, 0.3) is 0 Å². The maximum atomic E-state index is 13.1. The zero-order chi connectivity index (χ0) is 18.2. The second-order valence-electron chi connectivity index (χ2n) is 6.30. The first-order valence-electron chi connectivity index (χ1n) is 8.85. The summed E-state index contributed by atoms with van der Waals surface area (Å²) < 4.78 is 11.0. The van der Waals surface area contributed by atoms with E-state index in [4.69, 9.17) is 9.47 Å². The van der Waals surface area contributed by atoms with Gasteiger partial charge < -0.3 is 19.5 Å². The van der Waals surface area contributed by atoms with Gasteiger partial charge in [0.25, 0.3) is 0 Å². The third kappa shape index (κ3) is 5.19. The summed E-state index contributed by atoms with van der Waals surface area (Å²) >= 11 is 0. The number of benzene rings is 1. The van der Waals surface area contributed by atoms with Crippen LogP contribution in [0.4, 0.5) is 0 Å². The van der Waals surface area contributed by atoms with Crippen molar-refractivity contribution in [1.29, 1.82) is 0 Å². The first-order valence-corrected chi connectivity index (χ1v) is 8.85. The van der Waals surface area contributed by atoms with Gasteiger partial charge in [-0.15, -0.1) is 0 Å². The van der Waals surface area contributed by atoms with Gasteiger partial charge in [0.15, 0.2) is 0 Å². The van der Waals surface area contributed by atoms with Gasteiger partial charge in [-0.05, 0) is 25.8 Å². The number of carbonyl (C=O) groups is 2. The molecule has 0 aromatic heterocycles. The third-order valence-electron chi connectivity index (χ3n) is 4.40. The number of fused-ring (bicyclic) bond motifs is 1. The molecule has 1 aromatic carbocycles. The van der Waals surface area contributed by atoms with Gasteiger partial charge in [-0.25, -0.2) is 0 Å². The minimum atomic E-state index is -0.894. The lowest BCUT2D eigenvalue weighted by molar-refractivity contribution is -0.143. The van der Waals surface area contributed by atoms with E-state index in [0.29, 0.717) is 39.2 Å². The van der Waals surface area contributed by atoms with Crippen LogP contribution < -0.4 is 4.74 Å². The van der Waals surface area contributed by atoms with E-state index < -0.39 is 11.9 Å². The summed E-state index contributed by atoms with van der Waals surface area (Å²) in [6.45, 7) is 5.95. The predicted molar refractivity (Wildman–Crippen MR) is 93.8 cm³/mol. The summed E-state index contributed by atoms with van der Waals surface area (Å²) in [6, 6.07) is 7.56. The average Bonchev–Trinajstić information content (AvgIpc) is 2.63. The molecule has 1 N–H and O–H groups in total. The number of aliphatic carboxylic acids is 1. The maximum Gasteiger partial charge on any atom is 0.308 e. The number of hydrogen-bond donors (Lipinski definition) is 1. The van der Waals surface area contributed by atoms with Gasteiger partial charge >= 0.3 is 5.97 Å². The lowest BCUT2D eigenvalue weighted by atomic mass is 9.91. The minimum Gasteiger partial charge on any atom is -0.493 e. The Hall–Kier alpha value is -2.08. The fraction of sp³-hybridized carbons (Fsp3) is 0.579. The van der Waals surface area contributed by atoms with Crippen molar-refractivity contribution < 1.29 is 24.2 Å². The van der Waals surface area contributed by atoms with Gasteiger partial charge in [0.2, 0.25) is 5.91 Å². The number of carboxylic acids is 1. The number of nitrogens with zero attached hydrogens (tertiary/aromatic N) is 1. The van der Waals surface area contributed by atoms with E-state index in [1.54, 1.807) is 11.8 Å². The summed E-state index contributed by atoms with van der Waals surface area (Å²) in [5, 5.41) is 9.21. The summed E-state index contributed by atoms with van der Waals surface area (Å²) in [5.74, 6) is -1.06. The monoisotopic (exact) mass is 349 g/mol. The Bertz CT molecular complexity index is 589. The van der Waals surface area contributed by atoms with E-state index in [0.717, 1.165) is 11.3 Å². The van der Waals surface area contributed by atoms with Crippen molar-refractivity contribution in [2.24, 2.45) is 5.92 Å². The Morgan fingerprint density at radius 1 is 1.40 bits per heavy atom. The van der Waals surface area contributed by atoms with Crippen molar-refractivity contribution in [2.75, 3.05) is 32.9 Å². The van der Waals surface area contributed by atoms with E-state index in [1.165, 1.54) is 0 Å². The van der Waals surface area contributed by atoms with E-state index in [1.807, 2.05) is 31.2 Å².